The molecular weight excluding hydrogens is 194 g/mol. The molecule has 0 spiro atoms. The second kappa shape index (κ2) is 6.05. The van der Waals surface area contributed by atoms with Gasteiger partial charge in [0.1, 0.15) is 0 Å². The van der Waals surface area contributed by atoms with E-state index in [0.717, 1.165) is 6.54 Å². The molecule has 1 aromatic rings. The molecule has 0 heterocycles. The smallest absolute Gasteiger partial charge is 0.0351 e. The van der Waals surface area contributed by atoms with E-state index >= 15 is 0 Å². The van der Waals surface area contributed by atoms with E-state index < -0.39 is 0 Å². The van der Waals surface area contributed by atoms with Gasteiger partial charge in [-0.1, -0.05) is 45.4 Å². The second-order valence-corrected chi connectivity index (χ2v) is 4.73. The van der Waals surface area contributed by atoms with Crippen molar-refractivity contribution < 1.29 is 0 Å². The quantitative estimate of drug-likeness (QED) is 0.789. The van der Waals surface area contributed by atoms with Crippen LogP contribution in [0.3, 0.4) is 0 Å². The molecule has 0 amide bonds. The zero-order chi connectivity index (χ0) is 12.1. The zero-order valence-electron chi connectivity index (χ0n) is 11.3. The highest BCUT2D eigenvalue weighted by Crippen LogP contribution is 2.29. The van der Waals surface area contributed by atoms with Gasteiger partial charge in [-0.05, 0) is 43.0 Å². The Kier molecular flexibility index (Phi) is 5.01. The van der Waals surface area contributed by atoms with E-state index in [-0.39, 0.29) is 0 Å². The van der Waals surface area contributed by atoms with Gasteiger partial charge in [0, 0.05) is 6.04 Å². The van der Waals surface area contributed by atoms with Crippen LogP contribution in [0.15, 0.2) is 18.2 Å². The Labute approximate surface area is 100 Å². The molecule has 0 aliphatic carbocycles. The molecule has 16 heavy (non-hydrogen) atoms. The van der Waals surface area contributed by atoms with Gasteiger partial charge in [0.05, 0.1) is 0 Å². The fourth-order valence-corrected chi connectivity index (χ4v) is 2.36. The highest BCUT2D eigenvalue weighted by Gasteiger charge is 2.19. The lowest BCUT2D eigenvalue weighted by Crippen LogP contribution is -2.28. The Bertz CT molecular complexity index is 310. The number of rotatable bonds is 5. The molecule has 2 atom stereocenters. The minimum atomic E-state index is 0.496. The molecule has 0 fully saturated rings. The monoisotopic (exact) mass is 219 g/mol. The summed E-state index contributed by atoms with van der Waals surface area (Å²) in [6.45, 7) is 12.2. The van der Waals surface area contributed by atoms with Gasteiger partial charge in [0.25, 0.3) is 0 Å². The molecule has 0 saturated carbocycles. The maximum atomic E-state index is 3.63. The summed E-state index contributed by atoms with van der Waals surface area (Å²) in [5.74, 6) is 0.680. The highest BCUT2D eigenvalue weighted by atomic mass is 14.9. The maximum Gasteiger partial charge on any atom is 0.0351 e. The standard InChI is InChI=1S/C15H25N/c1-6-11(3)15(16-7-2)14-12(4)9-8-10-13(14)5/h8-11,15-16H,6-7H2,1-5H3. The average Bonchev–Trinajstić information content (AvgIpc) is 2.26. The van der Waals surface area contributed by atoms with Crippen LogP contribution < -0.4 is 5.32 Å². The molecule has 1 nitrogen and oxygen atoms in total. The van der Waals surface area contributed by atoms with Gasteiger partial charge in [-0.15, -0.1) is 0 Å². The SMILES string of the molecule is CCNC(c1c(C)cccc1C)C(C)CC. The first-order valence-electron chi connectivity index (χ1n) is 6.41. The Morgan fingerprint density at radius 2 is 1.69 bits per heavy atom. The van der Waals surface area contributed by atoms with E-state index in [9.17, 15) is 0 Å². The van der Waals surface area contributed by atoms with Crippen molar-refractivity contribution >= 4 is 0 Å². The Morgan fingerprint density at radius 1 is 1.12 bits per heavy atom. The van der Waals surface area contributed by atoms with Gasteiger partial charge < -0.3 is 5.32 Å². The van der Waals surface area contributed by atoms with Crippen LogP contribution in [0, 0.1) is 19.8 Å². The molecule has 0 aliphatic rings. The topological polar surface area (TPSA) is 12.0 Å². The van der Waals surface area contributed by atoms with E-state index in [0.29, 0.717) is 12.0 Å². The van der Waals surface area contributed by atoms with Crippen LogP contribution >= 0.6 is 0 Å². The minimum Gasteiger partial charge on any atom is -0.310 e. The lowest BCUT2D eigenvalue weighted by atomic mass is 9.87. The fourth-order valence-electron chi connectivity index (χ4n) is 2.36. The van der Waals surface area contributed by atoms with E-state index in [2.05, 4.69) is 58.1 Å². The van der Waals surface area contributed by atoms with Crippen molar-refractivity contribution in [3.63, 3.8) is 0 Å². The first-order valence-corrected chi connectivity index (χ1v) is 6.41. The van der Waals surface area contributed by atoms with E-state index in [1.165, 1.54) is 23.1 Å². The van der Waals surface area contributed by atoms with Crippen molar-refractivity contribution in [1.82, 2.24) is 5.32 Å². The molecule has 90 valence electrons. The summed E-state index contributed by atoms with van der Waals surface area (Å²) in [5, 5.41) is 3.63. The number of aryl methyl sites for hydroxylation is 2. The summed E-state index contributed by atoms with van der Waals surface area (Å²) in [4.78, 5) is 0. The van der Waals surface area contributed by atoms with Crippen molar-refractivity contribution in [1.29, 1.82) is 0 Å². The van der Waals surface area contributed by atoms with E-state index in [1.807, 2.05) is 0 Å². The first-order chi connectivity index (χ1) is 7.61. The lowest BCUT2D eigenvalue weighted by Gasteiger charge is -2.27. The van der Waals surface area contributed by atoms with Crippen LogP contribution in [0.4, 0.5) is 0 Å². The molecule has 0 radical (unpaired) electrons. The average molecular weight is 219 g/mol. The molecule has 0 saturated heterocycles. The number of hydrogen-bond acceptors (Lipinski definition) is 1. The summed E-state index contributed by atoms with van der Waals surface area (Å²) in [6.07, 6.45) is 1.21. The van der Waals surface area contributed by atoms with Gasteiger partial charge in [0.2, 0.25) is 0 Å². The first kappa shape index (κ1) is 13.2. The van der Waals surface area contributed by atoms with Crippen LogP contribution in [0.1, 0.15) is 49.9 Å². The number of nitrogens with one attached hydrogen (secondary N) is 1. The summed E-state index contributed by atoms with van der Waals surface area (Å²) in [7, 11) is 0. The molecule has 1 rings (SSSR count). The van der Waals surface area contributed by atoms with Crippen LogP contribution in [-0.2, 0) is 0 Å². The molecule has 0 bridgehead atoms. The predicted octanol–water partition coefficient (Wildman–Crippen LogP) is 4.00. The Hall–Kier alpha value is -0.820. The summed E-state index contributed by atoms with van der Waals surface area (Å²) in [5.41, 5.74) is 4.32. The Balaban J connectivity index is 3.09. The second-order valence-electron chi connectivity index (χ2n) is 4.73. The van der Waals surface area contributed by atoms with Crippen molar-refractivity contribution in [2.24, 2.45) is 5.92 Å². The molecule has 1 aromatic carbocycles. The van der Waals surface area contributed by atoms with Crippen LogP contribution in [0.2, 0.25) is 0 Å². The van der Waals surface area contributed by atoms with Crippen LogP contribution in [-0.4, -0.2) is 6.54 Å². The number of benzene rings is 1. The molecular formula is C15H25N. The van der Waals surface area contributed by atoms with Crippen molar-refractivity contribution in [3.05, 3.63) is 34.9 Å². The van der Waals surface area contributed by atoms with Crippen molar-refractivity contribution in [3.8, 4) is 0 Å². The van der Waals surface area contributed by atoms with Crippen molar-refractivity contribution in [2.45, 2.75) is 47.1 Å². The Morgan fingerprint density at radius 3 is 2.12 bits per heavy atom. The largest absolute Gasteiger partial charge is 0.310 e. The van der Waals surface area contributed by atoms with Gasteiger partial charge in [-0.2, -0.15) is 0 Å². The van der Waals surface area contributed by atoms with Crippen LogP contribution in [0.5, 0.6) is 0 Å². The van der Waals surface area contributed by atoms with Gasteiger partial charge >= 0.3 is 0 Å². The van der Waals surface area contributed by atoms with Gasteiger partial charge in [0.15, 0.2) is 0 Å². The normalized spacial score (nSPS) is 14.8. The lowest BCUT2D eigenvalue weighted by molar-refractivity contribution is 0.381. The molecule has 1 heteroatoms. The van der Waals surface area contributed by atoms with Crippen LogP contribution in [0.25, 0.3) is 0 Å². The molecule has 1 N–H and O–H groups in total. The fraction of sp³-hybridized carbons (Fsp3) is 0.600. The molecule has 0 aromatic heterocycles. The molecule has 2 unspecified atom stereocenters. The maximum absolute atomic E-state index is 3.63. The third-order valence-electron chi connectivity index (χ3n) is 3.49. The highest BCUT2D eigenvalue weighted by molar-refractivity contribution is 5.36. The third-order valence-corrected chi connectivity index (χ3v) is 3.49. The van der Waals surface area contributed by atoms with Crippen molar-refractivity contribution in [2.75, 3.05) is 6.54 Å². The molecule has 0 aliphatic heterocycles. The summed E-state index contributed by atoms with van der Waals surface area (Å²) >= 11 is 0. The summed E-state index contributed by atoms with van der Waals surface area (Å²) < 4.78 is 0. The minimum absolute atomic E-state index is 0.496. The predicted molar refractivity (Wildman–Crippen MR) is 71.8 cm³/mol. The van der Waals surface area contributed by atoms with E-state index in [1.54, 1.807) is 0 Å². The van der Waals surface area contributed by atoms with Gasteiger partial charge in [-0.25, -0.2) is 0 Å². The third kappa shape index (κ3) is 2.85. The summed E-state index contributed by atoms with van der Waals surface area (Å²) in [6, 6.07) is 7.08. The van der Waals surface area contributed by atoms with E-state index in [4.69, 9.17) is 0 Å². The number of hydrogen-bond donors (Lipinski definition) is 1. The van der Waals surface area contributed by atoms with Gasteiger partial charge in [-0.3, -0.25) is 0 Å². The zero-order valence-corrected chi connectivity index (χ0v) is 11.3.